The molecule has 19 heavy (non-hydrogen) atoms. The third-order valence-corrected chi connectivity index (χ3v) is 3.90. The Labute approximate surface area is 116 Å². The largest absolute Gasteiger partial charge is 0.384 e. The summed E-state index contributed by atoms with van der Waals surface area (Å²) in [7, 11) is 3.73. The van der Waals surface area contributed by atoms with Crippen molar-refractivity contribution in [3.63, 3.8) is 0 Å². The Bertz CT molecular complexity index is 445. The van der Waals surface area contributed by atoms with E-state index in [-0.39, 0.29) is 11.3 Å². The van der Waals surface area contributed by atoms with Gasteiger partial charge in [0.2, 0.25) is 0 Å². The molecule has 1 aliphatic rings. The molecular weight excluding hydrogens is 238 g/mol. The zero-order valence-electron chi connectivity index (χ0n) is 12.7. The molecule has 1 aromatic rings. The van der Waals surface area contributed by atoms with Gasteiger partial charge in [-0.05, 0) is 25.3 Å². The lowest BCUT2D eigenvalue weighted by molar-refractivity contribution is 0.181. The summed E-state index contributed by atoms with van der Waals surface area (Å²) < 4.78 is 5.19. The van der Waals surface area contributed by atoms with Gasteiger partial charge >= 0.3 is 0 Å². The Morgan fingerprint density at radius 1 is 1.53 bits per heavy atom. The molecule has 2 rings (SSSR count). The number of hydrogen-bond acceptors (Lipinski definition) is 4. The number of hydrogen-bond donors (Lipinski definition) is 1. The Balaban J connectivity index is 2.33. The molecule has 0 aromatic carbocycles. The van der Waals surface area contributed by atoms with Crippen molar-refractivity contribution in [2.75, 3.05) is 20.8 Å². The summed E-state index contributed by atoms with van der Waals surface area (Å²) in [5, 5.41) is 3.38. The molecule has 0 fully saturated rings. The Morgan fingerprint density at radius 3 is 2.89 bits per heavy atom. The van der Waals surface area contributed by atoms with Gasteiger partial charge in [-0.1, -0.05) is 20.8 Å². The highest BCUT2D eigenvalue weighted by molar-refractivity contribution is 5.27. The lowest BCUT2D eigenvalue weighted by Gasteiger charge is -2.36. The monoisotopic (exact) mass is 263 g/mol. The van der Waals surface area contributed by atoms with Crippen LogP contribution >= 0.6 is 0 Å². The van der Waals surface area contributed by atoms with Crippen LogP contribution in [0.2, 0.25) is 0 Å². The lowest BCUT2D eigenvalue weighted by Crippen LogP contribution is -2.33. The van der Waals surface area contributed by atoms with Gasteiger partial charge in [-0.25, -0.2) is 9.97 Å². The fourth-order valence-corrected chi connectivity index (χ4v) is 2.88. The summed E-state index contributed by atoms with van der Waals surface area (Å²) in [4.78, 5) is 9.32. The number of aromatic nitrogens is 2. The van der Waals surface area contributed by atoms with E-state index in [0.717, 1.165) is 18.7 Å². The number of rotatable bonds is 4. The fraction of sp³-hybridized carbons (Fsp3) is 0.733. The van der Waals surface area contributed by atoms with Crippen LogP contribution in [0, 0.1) is 5.41 Å². The molecule has 0 amide bonds. The predicted octanol–water partition coefficient (Wildman–Crippen LogP) is 2.46. The number of methoxy groups -OCH3 is 1. The van der Waals surface area contributed by atoms with E-state index in [0.29, 0.717) is 12.6 Å². The molecule has 0 saturated heterocycles. The second kappa shape index (κ2) is 5.55. The van der Waals surface area contributed by atoms with Crippen LogP contribution in [0.1, 0.15) is 56.2 Å². The SMILES string of the molecule is CNC1CC(C)(C)Cc2nc(C(C)COC)ncc21. The Hall–Kier alpha value is -1.00. The van der Waals surface area contributed by atoms with Crippen molar-refractivity contribution in [2.24, 2.45) is 5.41 Å². The first kappa shape index (κ1) is 14.4. The van der Waals surface area contributed by atoms with Crippen LogP contribution in [0.5, 0.6) is 0 Å². The average molecular weight is 263 g/mol. The third-order valence-electron chi connectivity index (χ3n) is 3.90. The molecule has 106 valence electrons. The minimum absolute atomic E-state index is 0.244. The minimum Gasteiger partial charge on any atom is -0.384 e. The molecule has 4 heteroatoms. The van der Waals surface area contributed by atoms with Crippen LogP contribution in [-0.2, 0) is 11.2 Å². The van der Waals surface area contributed by atoms with Crippen LogP contribution in [0.15, 0.2) is 6.20 Å². The van der Waals surface area contributed by atoms with Crippen LogP contribution in [0.4, 0.5) is 0 Å². The molecule has 1 heterocycles. The highest BCUT2D eigenvalue weighted by atomic mass is 16.5. The first-order chi connectivity index (χ1) is 8.96. The van der Waals surface area contributed by atoms with Gasteiger partial charge < -0.3 is 10.1 Å². The van der Waals surface area contributed by atoms with Gasteiger partial charge in [-0.2, -0.15) is 0 Å². The molecule has 4 nitrogen and oxygen atoms in total. The van der Waals surface area contributed by atoms with E-state index in [1.54, 1.807) is 7.11 Å². The van der Waals surface area contributed by atoms with E-state index in [4.69, 9.17) is 9.72 Å². The molecule has 2 unspecified atom stereocenters. The average Bonchev–Trinajstić information content (AvgIpc) is 2.36. The highest BCUT2D eigenvalue weighted by Crippen LogP contribution is 2.39. The maximum Gasteiger partial charge on any atom is 0.133 e. The summed E-state index contributed by atoms with van der Waals surface area (Å²) in [6.07, 6.45) is 4.16. The summed E-state index contributed by atoms with van der Waals surface area (Å²) in [5.41, 5.74) is 2.75. The molecular formula is C15H25N3O. The molecule has 0 aliphatic heterocycles. The maximum atomic E-state index is 5.19. The quantitative estimate of drug-likeness (QED) is 0.906. The normalized spacial score (nSPS) is 22.9. The van der Waals surface area contributed by atoms with Gasteiger partial charge in [-0.15, -0.1) is 0 Å². The van der Waals surface area contributed by atoms with Crippen molar-refractivity contribution in [3.05, 3.63) is 23.3 Å². The summed E-state index contributed by atoms with van der Waals surface area (Å²) in [5.74, 6) is 1.14. The predicted molar refractivity (Wildman–Crippen MR) is 76.2 cm³/mol. The molecule has 1 aromatic heterocycles. The van der Waals surface area contributed by atoms with Gasteiger partial charge in [-0.3, -0.25) is 0 Å². The number of ether oxygens (including phenoxy) is 1. The van der Waals surface area contributed by atoms with E-state index in [9.17, 15) is 0 Å². The zero-order valence-corrected chi connectivity index (χ0v) is 12.7. The number of fused-ring (bicyclic) bond motifs is 1. The zero-order chi connectivity index (χ0) is 14.0. The van der Waals surface area contributed by atoms with Crippen molar-refractivity contribution in [2.45, 2.75) is 45.6 Å². The van der Waals surface area contributed by atoms with Crippen molar-refractivity contribution in [1.29, 1.82) is 0 Å². The second-order valence-electron chi connectivity index (χ2n) is 6.37. The summed E-state index contributed by atoms with van der Waals surface area (Å²) >= 11 is 0. The smallest absolute Gasteiger partial charge is 0.133 e. The molecule has 0 spiro atoms. The van der Waals surface area contributed by atoms with Gasteiger partial charge in [0.15, 0.2) is 0 Å². The van der Waals surface area contributed by atoms with Gasteiger partial charge in [0, 0.05) is 36.5 Å². The topological polar surface area (TPSA) is 47.0 Å². The summed E-state index contributed by atoms with van der Waals surface area (Å²) in [6, 6.07) is 0.366. The first-order valence-electron chi connectivity index (χ1n) is 6.99. The second-order valence-corrected chi connectivity index (χ2v) is 6.37. The Morgan fingerprint density at radius 2 is 2.26 bits per heavy atom. The van der Waals surface area contributed by atoms with E-state index >= 15 is 0 Å². The van der Waals surface area contributed by atoms with E-state index in [1.165, 1.54) is 11.3 Å². The van der Waals surface area contributed by atoms with Crippen molar-refractivity contribution in [3.8, 4) is 0 Å². The van der Waals surface area contributed by atoms with E-state index in [2.05, 4.69) is 31.1 Å². The van der Waals surface area contributed by atoms with Crippen molar-refractivity contribution in [1.82, 2.24) is 15.3 Å². The van der Waals surface area contributed by atoms with E-state index < -0.39 is 0 Å². The third kappa shape index (κ3) is 3.12. The summed E-state index contributed by atoms with van der Waals surface area (Å²) in [6.45, 7) is 7.38. The molecule has 1 aliphatic carbocycles. The van der Waals surface area contributed by atoms with Gasteiger partial charge in [0.25, 0.3) is 0 Å². The van der Waals surface area contributed by atoms with E-state index in [1.807, 2.05) is 13.2 Å². The lowest BCUT2D eigenvalue weighted by atomic mass is 9.74. The van der Waals surface area contributed by atoms with Crippen molar-refractivity contribution >= 4 is 0 Å². The molecule has 2 atom stereocenters. The molecule has 1 N–H and O–H groups in total. The molecule has 0 radical (unpaired) electrons. The minimum atomic E-state index is 0.244. The van der Waals surface area contributed by atoms with Crippen LogP contribution in [0.3, 0.4) is 0 Å². The number of nitrogens with one attached hydrogen (secondary N) is 1. The maximum absolute atomic E-state index is 5.19. The van der Waals surface area contributed by atoms with Crippen LogP contribution in [0.25, 0.3) is 0 Å². The Kier molecular flexibility index (Phi) is 4.21. The van der Waals surface area contributed by atoms with Gasteiger partial charge in [0.05, 0.1) is 6.61 Å². The van der Waals surface area contributed by atoms with Crippen LogP contribution in [-0.4, -0.2) is 30.7 Å². The van der Waals surface area contributed by atoms with Gasteiger partial charge in [0.1, 0.15) is 5.82 Å². The standard InChI is InChI=1S/C15H25N3O/c1-10(9-19-5)14-17-8-11-12(16-4)6-15(2,3)7-13(11)18-14/h8,10,12,16H,6-7,9H2,1-5H3. The fourth-order valence-electron chi connectivity index (χ4n) is 2.88. The number of nitrogens with zero attached hydrogens (tertiary/aromatic N) is 2. The first-order valence-corrected chi connectivity index (χ1v) is 6.99. The molecule has 0 bridgehead atoms. The highest BCUT2D eigenvalue weighted by Gasteiger charge is 2.33. The molecule has 0 saturated carbocycles. The van der Waals surface area contributed by atoms with Crippen molar-refractivity contribution < 1.29 is 4.74 Å². The van der Waals surface area contributed by atoms with Crippen LogP contribution < -0.4 is 5.32 Å².